The molecule has 0 saturated carbocycles. The topological polar surface area (TPSA) is 56.0 Å². The second-order valence-electron chi connectivity index (χ2n) is 3.80. The molecule has 0 radical (unpaired) electrons. The number of nitrogens with two attached hydrogens (primary N) is 1. The number of benzene rings is 1. The zero-order chi connectivity index (χ0) is 12.1. The minimum absolute atomic E-state index is 0.167. The number of rotatable bonds is 0. The maximum atomic E-state index is 9.44. The van der Waals surface area contributed by atoms with Gasteiger partial charge in [-0.05, 0) is 32.4 Å². The Morgan fingerprint density at radius 2 is 1.88 bits per heavy atom. The molecule has 0 bridgehead atoms. The van der Waals surface area contributed by atoms with Crippen LogP contribution in [-0.4, -0.2) is 10.8 Å². The molecule has 1 aromatic carbocycles. The van der Waals surface area contributed by atoms with Crippen LogP contribution in [-0.2, 0) is 4.79 Å². The molecule has 2 rings (SSSR count). The molecule has 1 heterocycles. The van der Waals surface area contributed by atoms with Gasteiger partial charge in [-0.15, -0.1) is 0 Å². The molecular weight excluding hydrogens is 200 g/mol. The number of Topliss-reactive ketones (excluding diaryl/α,β-unsaturated/α-hetero) is 1. The number of carbonyl (C=O) groups is 1. The molecule has 3 nitrogen and oxygen atoms in total. The highest BCUT2D eigenvalue weighted by atomic mass is 16.1. The SMILES string of the molecule is CC(C)=O.Cc1ccc2cnccc2c1N. The first-order valence-electron chi connectivity index (χ1n) is 5.08. The zero-order valence-electron chi connectivity index (χ0n) is 9.82. The molecule has 0 saturated heterocycles. The van der Waals surface area contributed by atoms with Crippen LogP contribution in [0, 0.1) is 6.92 Å². The van der Waals surface area contributed by atoms with Crippen molar-refractivity contribution in [1.82, 2.24) is 4.98 Å². The number of hydrogen-bond acceptors (Lipinski definition) is 3. The van der Waals surface area contributed by atoms with Crippen LogP contribution in [0.5, 0.6) is 0 Å². The summed E-state index contributed by atoms with van der Waals surface area (Å²) in [6, 6.07) is 5.99. The smallest absolute Gasteiger partial charge is 0.126 e. The van der Waals surface area contributed by atoms with E-state index in [1.807, 2.05) is 31.3 Å². The fourth-order valence-corrected chi connectivity index (χ4v) is 1.30. The van der Waals surface area contributed by atoms with E-state index < -0.39 is 0 Å². The lowest BCUT2D eigenvalue weighted by atomic mass is 10.1. The number of nitrogen functional groups attached to an aromatic ring is 1. The van der Waals surface area contributed by atoms with Gasteiger partial charge in [0.05, 0.1) is 0 Å². The lowest BCUT2D eigenvalue weighted by Gasteiger charge is -2.03. The van der Waals surface area contributed by atoms with Crippen LogP contribution in [0.2, 0.25) is 0 Å². The maximum absolute atomic E-state index is 9.44. The third-order valence-electron chi connectivity index (χ3n) is 2.08. The molecule has 0 aliphatic heterocycles. The van der Waals surface area contributed by atoms with Crippen molar-refractivity contribution in [2.75, 3.05) is 5.73 Å². The molecule has 1 aromatic heterocycles. The Kier molecular flexibility index (Phi) is 4.00. The lowest BCUT2D eigenvalue weighted by Crippen LogP contribution is -1.90. The Morgan fingerprint density at radius 1 is 1.25 bits per heavy atom. The van der Waals surface area contributed by atoms with Gasteiger partial charge in [0.1, 0.15) is 5.78 Å². The monoisotopic (exact) mass is 216 g/mol. The van der Waals surface area contributed by atoms with E-state index in [0.29, 0.717) is 0 Å². The third kappa shape index (κ3) is 3.05. The maximum Gasteiger partial charge on any atom is 0.126 e. The Morgan fingerprint density at radius 3 is 2.50 bits per heavy atom. The summed E-state index contributed by atoms with van der Waals surface area (Å²) in [5, 5.41) is 2.19. The molecule has 0 amide bonds. The van der Waals surface area contributed by atoms with Crippen molar-refractivity contribution < 1.29 is 4.79 Å². The predicted octanol–water partition coefficient (Wildman–Crippen LogP) is 2.72. The van der Waals surface area contributed by atoms with Gasteiger partial charge in [0.2, 0.25) is 0 Å². The van der Waals surface area contributed by atoms with Crippen LogP contribution in [0.15, 0.2) is 30.6 Å². The molecule has 3 heteroatoms. The predicted molar refractivity (Wildman–Crippen MR) is 67.2 cm³/mol. The first-order chi connectivity index (χ1) is 7.52. The van der Waals surface area contributed by atoms with Crippen molar-refractivity contribution in [3.8, 4) is 0 Å². The normalized spacial score (nSPS) is 9.44. The van der Waals surface area contributed by atoms with E-state index in [-0.39, 0.29) is 5.78 Å². The van der Waals surface area contributed by atoms with Gasteiger partial charge in [0.25, 0.3) is 0 Å². The summed E-state index contributed by atoms with van der Waals surface area (Å²) in [4.78, 5) is 13.5. The molecule has 2 aromatic rings. The van der Waals surface area contributed by atoms with E-state index in [1.54, 1.807) is 6.20 Å². The number of pyridine rings is 1. The van der Waals surface area contributed by atoms with Gasteiger partial charge in [0.15, 0.2) is 0 Å². The minimum Gasteiger partial charge on any atom is -0.398 e. The van der Waals surface area contributed by atoms with Gasteiger partial charge in [-0.2, -0.15) is 0 Å². The largest absolute Gasteiger partial charge is 0.398 e. The minimum atomic E-state index is 0.167. The summed E-state index contributed by atoms with van der Waals surface area (Å²) in [7, 11) is 0. The van der Waals surface area contributed by atoms with E-state index >= 15 is 0 Å². The molecule has 0 aliphatic carbocycles. The highest BCUT2D eigenvalue weighted by molar-refractivity contribution is 5.93. The summed E-state index contributed by atoms with van der Waals surface area (Å²) < 4.78 is 0. The van der Waals surface area contributed by atoms with E-state index in [4.69, 9.17) is 5.73 Å². The van der Waals surface area contributed by atoms with Crippen LogP contribution < -0.4 is 5.73 Å². The van der Waals surface area contributed by atoms with Crippen LogP contribution in [0.3, 0.4) is 0 Å². The van der Waals surface area contributed by atoms with E-state index in [2.05, 4.69) is 4.98 Å². The molecule has 16 heavy (non-hydrogen) atoms. The van der Waals surface area contributed by atoms with Gasteiger partial charge < -0.3 is 10.5 Å². The standard InChI is InChI=1S/C10H10N2.C3H6O/c1-7-2-3-8-6-12-5-4-9(8)10(7)11;1-3(2)4/h2-6H,11H2,1H3;1-2H3. The summed E-state index contributed by atoms with van der Waals surface area (Å²) in [5.41, 5.74) is 7.87. The van der Waals surface area contributed by atoms with Gasteiger partial charge in [-0.3, -0.25) is 4.98 Å². The van der Waals surface area contributed by atoms with Crippen molar-refractivity contribution in [2.24, 2.45) is 0 Å². The molecular formula is C13H16N2O. The van der Waals surface area contributed by atoms with Crippen molar-refractivity contribution in [3.63, 3.8) is 0 Å². The van der Waals surface area contributed by atoms with Gasteiger partial charge in [-0.25, -0.2) is 0 Å². The quantitative estimate of drug-likeness (QED) is 0.689. The molecule has 0 aliphatic rings. The van der Waals surface area contributed by atoms with Crippen LogP contribution in [0.25, 0.3) is 10.8 Å². The van der Waals surface area contributed by atoms with E-state index in [9.17, 15) is 4.79 Å². The fraction of sp³-hybridized carbons (Fsp3) is 0.231. The molecule has 0 fully saturated rings. The van der Waals surface area contributed by atoms with E-state index in [0.717, 1.165) is 22.0 Å². The zero-order valence-corrected chi connectivity index (χ0v) is 9.82. The number of carbonyl (C=O) groups excluding carboxylic acids is 1. The van der Waals surface area contributed by atoms with Crippen molar-refractivity contribution in [2.45, 2.75) is 20.8 Å². The van der Waals surface area contributed by atoms with Crippen LogP contribution >= 0.6 is 0 Å². The van der Waals surface area contributed by atoms with Crippen molar-refractivity contribution in [3.05, 3.63) is 36.2 Å². The Bertz CT molecular complexity index is 502. The summed E-state index contributed by atoms with van der Waals surface area (Å²) >= 11 is 0. The summed E-state index contributed by atoms with van der Waals surface area (Å²) in [6.07, 6.45) is 3.59. The molecule has 0 spiro atoms. The number of nitrogens with zero attached hydrogens (tertiary/aromatic N) is 1. The average Bonchev–Trinajstić information content (AvgIpc) is 2.23. The van der Waals surface area contributed by atoms with Gasteiger partial charge in [-0.1, -0.05) is 12.1 Å². The number of aromatic nitrogens is 1. The van der Waals surface area contributed by atoms with Gasteiger partial charge >= 0.3 is 0 Å². The van der Waals surface area contributed by atoms with Crippen LogP contribution in [0.4, 0.5) is 5.69 Å². The lowest BCUT2D eigenvalue weighted by molar-refractivity contribution is -0.114. The Hall–Kier alpha value is -1.90. The Labute approximate surface area is 95.3 Å². The molecule has 2 N–H and O–H groups in total. The average molecular weight is 216 g/mol. The summed E-state index contributed by atoms with van der Waals surface area (Å²) in [6.45, 7) is 5.06. The van der Waals surface area contributed by atoms with Crippen LogP contribution in [0.1, 0.15) is 19.4 Å². The highest BCUT2D eigenvalue weighted by Gasteiger charge is 1.98. The first-order valence-corrected chi connectivity index (χ1v) is 5.08. The number of ketones is 1. The number of aryl methyl sites for hydroxylation is 1. The third-order valence-corrected chi connectivity index (χ3v) is 2.08. The highest BCUT2D eigenvalue weighted by Crippen LogP contribution is 2.22. The Balaban J connectivity index is 0.000000280. The van der Waals surface area contributed by atoms with Gasteiger partial charge in [0, 0.05) is 28.9 Å². The molecule has 84 valence electrons. The number of anilines is 1. The molecule has 0 unspecified atom stereocenters. The van der Waals surface area contributed by atoms with Crippen molar-refractivity contribution >= 4 is 22.2 Å². The second kappa shape index (κ2) is 5.26. The fourth-order valence-electron chi connectivity index (χ4n) is 1.30. The number of hydrogen-bond donors (Lipinski definition) is 1. The van der Waals surface area contributed by atoms with E-state index in [1.165, 1.54) is 13.8 Å². The molecule has 0 atom stereocenters. The second-order valence-corrected chi connectivity index (χ2v) is 3.80. The van der Waals surface area contributed by atoms with Crippen molar-refractivity contribution in [1.29, 1.82) is 0 Å². The summed E-state index contributed by atoms with van der Waals surface area (Å²) in [5.74, 6) is 0.167. The number of fused-ring (bicyclic) bond motifs is 1. The first kappa shape index (κ1) is 12.2.